The molecule has 0 spiro atoms. The monoisotopic (exact) mass is 164 g/mol. The lowest BCUT2D eigenvalue weighted by molar-refractivity contribution is 0.0544. The topological polar surface area (TPSA) is 18.5 Å². The third kappa shape index (κ3) is 2.02. The molecule has 12 heavy (non-hydrogen) atoms. The van der Waals surface area contributed by atoms with Crippen molar-refractivity contribution in [3.63, 3.8) is 0 Å². The van der Waals surface area contributed by atoms with Crippen LogP contribution in [-0.4, -0.2) is 12.2 Å². The van der Waals surface area contributed by atoms with E-state index < -0.39 is 0 Å². The second-order valence-corrected chi connectivity index (χ2v) is 2.30. The Morgan fingerprint density at radius 1 is 0.917 bits per heavy atom. The van der Waals surface area contributed by atoms with Gasteiger partial charge in [-0.1, -0.05) is 25.3 Å². The number of allylic oxidation sites excluding steroid dienone is 2. The lowest BCUT2D eigenvalue weighted by atomic mass is 10.1. The molecule has 1 rings (SSSR count). The molecule has 0 radical (unpaired) electrons. The zero-order chi connectivity index (χ0) is 8.81. The van der Waals surface area contributed by atoms with Gasteiger partial charge in [0, 0.05) is 0 Å². The number of rotatable bonds is 4. The van der Waals surface area contributed by atoms with Crippen LogP contribution in [0.15, 0.2) is 50.0 Å². The molecule has 0 fully saturated rings. The Hall–Kier alpha value is -1.44. The highest BCUT2D eigenvalue weighted by molar-refractivity contribution is 5.17. The molecule has 0 heterocycles. The minimum Gasteiger partial charge on any atom is -0.490 e. The first-order valence-corrected chi connectivity index (χ1v) is 3.76. The molecule has 0 saturated carbocycles. The molecule has 2 heteroatoms. The van der Waals surface area contributed by atoms with Crippen molar-refractivity contribution >= 4 is 0 Å². The van der Waals surface area contributed by atoms with Crippen LogP contribution in [0.3, 0.4) is 0 Å². The van der Waals surface area contributed by atoms with E-state index in [1.54, 1.807) is 0 Å². The molecule has 0 aromatic heterocycles. The first-order chi connectivity index (χ1) is 5.88. The normalized spacial score (nSPS) is 26.3. The average molecular weight is 164 g/mol. The van der Waals surface area contributed by atoms with Gasteiger partial charge in [0.25, 0.3) is 0 Å². The van der Waals surface area contributed by atoms with Gasteiger partial charge in [0.05, 0.1) is 12.5 Å². The smallest absolute Gasteiger partial charge is 0.157 e. The van der Waals surface area contributed by atoms with E-state index in [2.05, 4.69) is 13.2 Å². The molecule has 2 atom stereocenters. The predicted octanol–water partition coefficient (Wildman–Crippen LogP) is 2.17. The van der Waals surface area contributed by atoms with Crippen molar-refractivity contribution in [3.05, 3.63) is 50.0 Å². The SMILES string of the molecule is C=COC1C=CC=CC1OC=C. The van der Waals surface area contributed by atoms with E-state index in [-0.39, 0.29) is 12.2 Å². The number of hydrogen-bond acceptors (Lipinski definition) is 2. The summed E-state index contributed by atoms with van der Waals surface area (Å²) in [5.41, 5.74) is 0. The fourth-order valence-electron chi connectivity index (χ4n) is 1.03. The van der Waals surface area contributed by atoms with Crippen LogP contribution in [0.25, 0.3) is 0 Å². The van der Waals surface area contributed by atoms with Gasteiger partial charge in [0.15, 0.2) is 12.2 Å². The van der Waals surface area contributed by atoms with Crippen molar-refractivity contribution < 1.29 is 9.47 Å². The van der Waals surface area contributed by atoms with Crippen molar-refractivity contribution in [2.45, 2.75) is 12.2 Å². The maximum atomic E-state index is 5.20. The van der Waals surface area contributed by atoms with E-state index in [0.717, 1.165) is 0 Å². The van der Waals surface area contributed by atoms with E-state index in [1.165, 1.54) is 12.5 Å². The average Bonchev–Trinajstić information content (AvgIpc) is 2.09. The van der Waals surface area contributed by atoms with E-state index >= 15 is 0 Å². The summed E-state index contributed by atoms with van der Waals surface area (Å²) in [7, 11) is 0. The van der Waals surface area contributed by atoms with Gasteiger partial charge < -0.3 is 9.47 Å². The maximum absolute atomic E-state index is 5.20. The van der Waals surface area contributed by atoms with Crippen LogP contribution in [0.1, 0.15) is 0 Å². The minimum atomic E-state index is -0.0921. The van der Waals surface area contributed by atoms with Gasteiger partial charge in [-0.25, -0.2) is 0 Å². The van der Waals surface area contributed by atoms with Crippen molar-refractivity contribution in [2.24, 2.45) is 0 Å². The zero-order valence-electron chi connectivity index (χ0n) is 6.85. The van der Waals surface area contributed by atoms with Crippen molar-refractivity contribution in [1.82, 2.24) is 0 Å². The summed E-state index contributed by atoms with van der Waals surface area (Å²) in [5, 5.41) is 0. The predicted molar refractivity (Wildman–Crippen MR) is 48.4 cm³/mol. The second-order valence-electron chi connectivity index (χ2n) is 2.30. The fraction of sp³-hybridized carbons (Fsp3) is 0.200. The molecule has 2 nitrogen and oxygen atoms in total. The Balaban J connectivity index is 2.56. The molecule has 0 bridgehead atoms. The van der Waals surface area contributed by atoms with Crippen LogP contribution in [0.4, 0.5) is 0 Å². The molecule has 2 unspecified atom stereocenters. The second kappa shape index (κ2) is 4.44. The summed E-state index contributed by atoms with van der Waals surface area (Å²) in [6.07, 6.45) is 10.3. The van der Waals surface area contributed by atoms with E-state index in [1.807, 2.05) is 24.3 Å². The Morgan fingerprint density at radius 3 is 1.67 bits per heavy atom. The van der Waals surface area contributed by atoms with Gasteiger partial charge in [-0.2, -0.15) is 0 Å². The molecule has 1 aliphatic carbocycles. The lowest BCUT2D eigenvalue weighted by Gasteiger charge is -2.22. The highest BCUT2D eigenvalue weighted by atomic mass is 16.5. The van der Waals surface area contributed by atoms with Gasteiger partial charge in [-0.3, -0.25) is 0 Å². The first kappa shape index (κ1) is 8.65. The molecule has 0 saturated heterocycles. The molecule has 0 aromatic carbocycles. The molecule has 64 valence electrons. The van der Waals surface area contributed by atoms with E-state index in [0.29, 0.717) is 0 Å². The molecule has 0 amide bonds. The summed E-state index contributed by atoms with van der Waals surface area (Å²) >= 11 is 0. The van der Waals surface area contributed by atoms with Crippen LogP contribution in [0, 0.1) is 0 Å². The first-order valence-electron chi connectivity index (χ1n) is 3.76. The Kier molecular flexibility index (Phi) is 3.20. The van der Waals surface area contributed by atoms with Crippen LogP contribution in [-0.2, 0) is 9.47 Å². The van der Waals surface area contributed by atoms with Gasteiger partial charge >= 0.3 is 0 Å². The van der Waals surface area contributed by atoms with Crippen LogP contribution in [0.5, 0.6) is 0 Å². The molecule has 0 N–H and O–H groups in total. The van der Waals surface area contributed by atoms with E-state index in [4.69, 9.17) is 9.47 Å². The summed E-state index contributed by atoms with van der Waals surface area (Å²) in [6, 6.07) is 0. The molecular formula is C10H12O2. The van der Waals surface area contributed by atoms with Gasteiger partial charge in [0.2, 0.25) is 0 Å². The van der Waals surface area contributed by atoms with Crippen LogP contribution in [0.2, 0.25) is 0 Å². The highest BCUT2D eigenvalue weighted by Gasteiger charge is 2.18. The molecule has 0 aromatic rings. The minimum absolute atomic E-state index is 0.0921. The van der Waals surface area contributed by atoms with Crippen molar-refractivity contribution in [3.8, 4) is 0 Å². The number of hydrogen-bond donors (Lipinski definition) is 0. The third-order valence-corrected chi connectivity index (χ3v) is 1.54. The summed E-state index contributed by atoms with van der Waals surface area (Å²) in [5.74, 6) is 0. The molecule has 0 aliphatic heterocycles. The van der Waals surface area contributed by atoms with E-state index in [9.17, 15) is 0 Å². The van der Waals surface area contributed by atoms with Crippen LogP contribution < -0.4 is 0 Å². The Labute approximate surface area is 72.5 Å². The van der Waals surface area contributed by atoms with Gasteiger partial charge in [-0.05, 0) is 12.2 Å². The zero-order valence-corrected chi connectivity index (χ0v) is 6.85. The van der Waals surface area contributed by atoms with Crippen molar-refractivity contribution in [2.75, 3.05) is 0 Å². The third-order valence-electron chi connectivity index (χ3n) is 1.54. The summed E-state index contributed by atoms with van der Waals surface area (Å²) in [4.78, 5) is 0. The highest BCUT2D eigenvalue weighted by Crippen LogP contribution is 2.12. The number of ether oxygens (including phenoxy) is 2. The molecule has 1 aliphatic rings. The Morgan fingerprint density at radius 2 is 1.33 bits per heavy atom. The van der Waals surface area contributed by atoms with Crippen molar-refractivity contribution in [1.29, 1.82) is 0 Å². The standard InChI is InChI=1S/C10H12O2/c1-3-11-9-7-5-6-8-10(9)12-4-2/h3-10H,1-2H2. The lowest BCUT2D eigenvalue weighted by Crippen LogP contribution is -2.26. The quantitative estimate of drug-likeness (QED) is 0.593. The molecular weight excluding hydrogens is 152 g/mol. The maximum Gasteiger partial charge on any atom is 0.157 e. The van der Waals surface area contributed by atoms with Gasteiger partial charge in [0.1, 0.15) is 0 Å². The van der Waals surface area contributed by atoms with Crippen LogP contribution >= 0.6 is 0 Å². The Bertz CT molecular complexity index is 192. The summed E-state index contributed by atoms with van der Waals surface area (Å²) < 4.78 is 10.4. The fourth-order valence-corrected chi connectivity index (χ4v) is 1.03. The van der Waals surface area contributed by atoms with Gasteiger partial charge in [-0.15, -0.1) is 0 Å². The summed E-state index contributed by atoms with van der Waals surface area (Å²) in [6.45, 7) is 6.98. The largest absolute Gasteiger partial charge is 0.490 e.